The van der Waals surface area contributed by atoms with Crippen LogP contribution in [0.5, 0.6) is 0 Å². The second-order valence-electron chi connectivity index (χ2n) is 9.02. The van der Waals surface area contributed by atoms with Crippen LogP contribution in [0.2, 0.25) is 0 Å². The van der Waals surface area contributed by atoms with Gasteiger partial charge in [-0.2, -0.15) is 18.3 Å². The van der Waals surface area contributed by atoms with Gasteiger partial charge in [0.2, 0.25) is 0 Å². The Hall–Kier alpha value is -3.15. The lowest BCUT2D eigenvalue weighted by Crippen LogP contribution is -2.49. The van der Waals surface area contributed by atoms with Crippen LogP contribution >= 0.6 is 0 Å². The number of fused-ring (bicyclic) bond motifs is 1. The topological polar surface area (TPSA) is 54.3 Å². The molecule has 1 saturated heterocycles. The molecule has 0 bridgehead atoms. The van der Waals surface area contributed by atoms with Gasteiger partial charge in [-0.1, -0.05) is 6.07 Å². The van der Waals surface area contributed by atoms with Crippen LogP contribution in [0.4, 0.5) is 17.6 Å². The molecule has 194 valence electrons. The summed E-state index contributed by atoms with van der Waals surface area (Å²) in [7, 11) is -1.53. The van der Waals surface area contributed by atoms with Crippen LogP contribution in [-0.2, 0) is 11.0 Å². The number of halogens is 4. The zero-order valence-corrected chi connectivity index (χ0v) is 20.8. The van der Waals surface area contributed by atoms with Gasteiger partial charge >= 0.3 is 6.18 Å². The van der Waals surface area contributed by atoms with Crippen molar-refractivity contribution in [2.75, 3.05) is 26.2 Å². The van der Waals surface area contributed by atoms with Gasteiger partial charge in [0.15, 0.2) is 0 Å². The van der Waals surface area contributed by atoms with E-state index in [4.69, 9.17) is 0 Å². The normalized spacial score (nSPS) is 18.4. The van der Waals surface area contributed by atoms with Gasteiger partial charge in [-0.15, -0.1) is 0 Å². The molecule has 2 unspecified atom stereocenters. The van der Waals surface area contributed by atoms with Gasteiger partial charge in [0.1, 0.15) is 21.8 Å². The molecular weight excluding hydrogens is 506 g/mol. The summed E-state index contributed by atoms with van der Waals surface area (Å²) >= 11 is 0. The van der Waals surface area contributed by atoms with E-state index in [2.05, 4.69) is 10.1 Å². The molecule has 0 amide bonds. The quantitative estimate of drug-likeness (QED) is 0.321. The molecule has 1 fully saturated rings. The molecular formula is C26H25F4N5OS. The summed E-state index contributed by atoms with van der Waals surface area (Å²) in [6.07, 6.45) is -1.93. The minimum Gasteiger partial charge on any atom is -0.293 e. The molecule has 3 heterocycles. The molecule has 0 N–H and O–H groups in total. The first-order valence-electron chi connectivity index (χ1n) is 11.8. The minimum absolute atomic E-state index is 0.148. The number of hydrogen-bond donors (Lipinski definition) is 0. The van der Waals surface area contributed by atoms with E-state index < -0.39 is 29.6 Å². The molecule has 5 rings (SSSR count). The summed E-state index contributed by atoms with van der Waals surface area (Å²) in [6.45, 7) is 2.75. The summed E-state index contributed by atoms with van der Waals surface area (Å²) in [4.78, 5) is 6.01. The SMILES string of the molecule is Cc1cc2c(cnn2-c2ccc(F)cc2)cc1C1CN(S(=O)c2ccccn2)CCN1CCC(F)(F)F. The molecule has 1 aliphatic rings. The van der Waals surface area contributed by atoms with Crippen LogP contribution in [0.15, 0.2) is 72.0 Å². The van der Waals surface area contributed by atoms with Gasteiger partial charge in [-0.3, -0.25) is 4.90 Å². The van der Waals surface area contributed by atoms with Gasteiger partial charge in [-0.05, 0) is 66.6 Å². The number of pyridine rings is 1. The van der Waals surface area contributed by atoms with Crippen LogP contribution in [0.1, 0.15) is 23.6 Å². The Morgan fingerprint density at radius 2 is 1.86 bits per heavy atom. The van der Waals surface area contributed by atoms with Crippen molar-refractivity contribution >= 4 is 21.9 Å². The molecule has 0 aliphatic carbocycles. The smallest absolute Gasteiger partial charge is 0.293 e. The Morgan fingerprint density at radius 1 is 1.08 bits per heavy atom. The average Bonchev–Trinajstić information content (AvgIpc) is 3.29. The maximum atomic E-state index is 13.4. The van der Waals surface area contributed by atoms with Crippen molar-refractivity contribution in [2.24, 2.45) is 0 Å². The van der Waals surface area contributed by atoms with Gasteiger partial charge in [0.05, 0.1) is 23.8 Å². The lowest BCUT2D eigenvalue weighted by Gasteiger charge is -2.41. The summed E-state index contributed by atoms with van der Waals surface area (Å²) in [6, 6.07) is 14.7. The Morgan fingerprint density at radius 3 is 2.57 bits per heavy atom. The third-order valence-electron chi connectivity index (χ3n) is 6.57. The van der Waals surface area contributed by atoms with Gasteiger partial charge in [0.25, 0.3) is 0 Å². The number of aromatic nitrogens is 3. The molecule has 0 radical (unpaired) electrons. The highest BCUT2D eigenvalue weighted by Crippen LogP contribution is 2.34. The summed E-state index contributed by atoms with van der Waals surface area (Å²) in [5.74, 6) is -0.345. The Labute approximate surface area is 214 Å². The van der Waals surface area contributed by atoms with Crippen molar-refractivity contribution < 1.29 is 21.8 Å². The van der Waals surface area contributed by atoms with Crippen LogP contribution in [0.25, 0.3) is 16.6 Å². The second kappa shape index (κ2) is 10.3. The summed E-state index contributed by atoms with van der Waals surface area (Å²) in [5.41, 5.74) is 3.24. The molecule has 4 aromatic rings. The Bertz CT molecular complexity index is 1410. The number of piperazine rings is 1. The molecule has 0 spiro atoms. The molecule has 2 aromatic heterocycles. The summed E-state index contributed by atoms with van der Waals surface area (Å²) < 4.78 is 69.4. The number of benzene rings is 2. The van der Waals surface area contributed by atoms with Crippen LogP contribution in [0, 0.1) is 12.7 Å². The van der Waals surface area contributed by atoms with Crippen LogP contribution < -0.4 is 0 Å². The van der Waals surface area contributed by atoms with E-state index in [0.717, 1.165) is 22.0 Å². The first-order valence-corrected chi connectivity index (χ1v) is 12.9. The van der Waals surface area contributed by atoms with Crippen molar-refractivity contribution in [1.82, 2.24) is 24.0 Å². The summed E-state index contributed by atoms with van der Waals surface area (Å²) in [5, 5.41) is 5.68. The van der Waals surface area contributed by atoms with Crippen LogP contribution in [-0.4, -0.2) is 60.5 Å². The monoisotopic (exact) mass is 531 g/mol. The van der Waals surface area contributed by atoms with Crippen molar-refractivity contribution in [3.05, 3.63) is 83.9 Å². The van der Waals surface area contributed by atoms with Crippen molar-refractivity contribution in [3.63, 3.8) is 0 Å². The zero-order valence-electron chi connectivity index (χ0n) is 20.0. The molecule has 2 aromatic carbocycles. The number of hydrogen-bond acceptors (Lipinski definition) is 4. The highest BCUT2D eigenvalue weighted by molar-refractivity contribution is 7.82. The fourth-order valence-electron chi connectivity index (χ4n) is 4.70. The fourth-order valence-corrected chi connectivity index (χ4v) is 5.84. The van der Waals surface area contributed by atoms with E-state index in [1.165, 1.54) is 12.1 Å². The number of rotatable bonds is 6. The third-order valence-corrected chi connectivity index (χ3v) is 7.97. The molecule has 0 saturated carbocycles. The van der Waals surface area contributed by atoms with Crippen molar-refractivity contribution in [1.29, 1.82) is 0 Å². The average molecular weight is 532 g/mol. The van der Waals surface area contributed by atoms with Gasteiger partial charge in [0, 0.05) is 43.8 Å². The van der Waals surface area contributed by atoms with E-state index >= 15 is 0 Å². The lowest BCUT2D eigenvalue weighted by atomic mass is 9.96. The first kappa shape index (κ1) is 25.5. The van der Waals surface area contributed by atoms with Crippen molar-refractivity contribution in [2.45, 2.75) is 30.6 Å². The first-order chi connectivity index (χ1) is 17.7. The Balaban J connectivity index is 1.49. The standard InChI is InChI=1S/C26H25F4N5OS/c1-18-14-23-19(16-32-35(23)21-7-5-20(27)6-8-21)15-22(18)24-17-34(37(36)25-4-2-3-10-31-25)13-12-33(24)11-9-26(28,29)30/h2-8,10,14-16,24H,9,11-13,17H2,1H3. The molecule has 1 aliphatic heterocycles. The van der Waals surface area contributed by atoms with E-state index in [1.807, 2.05) is 24.0 Å². The number of alkyl halides is 3. The maximum absolute atomic E-state index is 13.4. The fraction of sp³-hybridized carbons (Fsp3) is 0.308. The van der Waals surface area contributed by atoms with E-state index in [0.29, 0.717) is 30.3 Å². The predicted molar refractivity (Wildman–Crippen MR) is 133 cm³/mol. The molecule has 2 atom stereocenters. The van der Waals surface area contributed by atoms with Crippen LogP contribution in [0.3, 0.4) is 0 Å². The number of nitrogens with zero attached hydrogens (tertiary/aromatic N) is 5. The zero-order chi connectivity index (χ0) is 26.2. The molecule has 37 heavy (non-hydrogen) atoms. The van der Waals surface area contributed by atoms with E-state index in [1.54, 1.807) is 51.7 Å². The van der Waals surface area contributed by atoms with Gasteiger partial charge in [-0.25, -0.2) is 22.6 Å². The largest absolute Gasteiger partial charge is 0.390 e. The van der Waals surface area contributed by atoms with Crippen molar-refractivity contribution in [3.8, 4) is 5.69 Å². The lowest BCUT2D eigenvalue weighted by molar-refractivity contribution is -0.140. The highest BCUT2D eigenvalue weighted by Gasteiger charge is 2.35. The maximum Gasteiger partial charge on any atom is 0.390 e. The highest BCUT2D eigenvalue weighted by atomic mass is 32.2. The Kier molecular flexibility index (Phi) is 7.11. The third kappa shape index (κ3) is 5.58. The minimum atomic E-state index is -4.27. The molecule has 11 heteroatoms. The van der Waals surface area contributed by atoms with Gasteiger partial charge < -0.3 is 0 Å². The van der Waals surface area contributed by atoms with E-state index in [9.17, 15) is 21.8 Å². The second-order valence-corrected chi connectivity index (χ2v) is 10.5. The molecule has 6 nitrogen and oxygen atoms in total. The van der Waals surface area contributed by atoms with E-state index in [-0.39, 0.29) is 12.4 Å². The number of aryl methyl sites for hydroxylation is 1. The predicted octanol–water partition coefficient (Wildman–Crippen LogP) is 5.20.